The molecular formula is C22H21N3S. The molecule has 2 aromatic heterocycles. The first-order valence-corrected chi connectivity index (χ1v) is 9.73. The molecule has 4 rings (SSSR count). The normalized spacial score (nSPS) is 11.2. The molecule has 0 unspecified atom stereocenters. The van der Waals surface area contributed by atoms with Gasteiger partial charge in [-0.05, 0) is 42.7 Å². The maximum absolute atomic E-state index is 4.83. The molecular weight excluding hydrogens is 338 g/mol. The minimum absolute atomic E-state index is 0.788. The van der Waals surface area contributed by atoms with Gasteiger partial charge < -0.3 is 0 Å². The highest BCUT2D eigenvalue weighted by Crippen LogP contribution is 2.27. The SMILES string of the molecule is Cc1ccc(CSc2nc3cccnc3n2Cc2ccccc2C)cc1. The number of aryl methyl sites for hydroxylation is 2. The van der Waals surface area contributed by atoms with E-state index in [0.717, 1.165) is 28.6 Å². The fourth-order valence-electron chi connectivity index (χ4n) is 2.98. The summed E-state index contributed by atoms with van der Waals surface area (Å²) in [6.07, 6.45) is 1.84. The van der Waals surface area contributed by atoms with Crippen molar-refractivity contribution in [2.24, 2.45) is 0 Å². The first-order chi connectivity index (χ1) is 12.7. The number of nitrogens with zero attached hydrogens (tertiary/aromatic N) is 3. The summed E-state index contributed by atoms with van der Waals surface area (Å²) in [7, 11) is 0. The third-order valence-electron chi connectivity index (χ3n) is 4.55. The van der Waals surface area contributed by atoms with Crippen molar-refractivity contribution in [1.82, 2.24) is 14.5 Å². The molecule has 4 heteroatoms. The molecule has 0 bridgehead atoms. The van der Waals surface area contributed by atoms with Gasteiger partial charge in [-0.3, -0.25) is 4.57 Å². The summed E-state index contributed by atoms with van der Waals surface area (Å²) in [5.74, 6) is 0.900. The van der Waals surface area contributed by atoms with Gasteiger partial charge in [0.1, 0.15) is 5.52 Å². The molecule has 0 saturated carbocycles. The monoisotopic (exact) mass is 359 g/mol. The second-order valence-corrected chi connectivity index (χ2v) is 7.47. The maximum atomic E-state index is 4.83. The number of hydrogen-bond donors (Lipinski definition) is 0. The quantitative estimate of drug-likeness (QED) is 0.448. The van der Waals surface area contributed by atoms with E-state index in [2.05, 4.69) is 71.9 Å². The molecule has 2 aromatic carbocycles. The molecule has 130 valence electrons. The molecule has 0 fully saturated rings. The topological polar surface area (TPSA) is 30.7 Å². The van der Waals surface area contributed by atoms with E-state index < -0.39 is 0 Å². The zero-order valence-electron chi connectivity index (χ0n) is 15.0. The van der Waals surface area contributed by atoms with Crippen LogP contribution in [-0.4, -0.2) is 14.5 Å². The van der Waals surface area contributed by atoms with Crippen molar-refractivity contribution in [3.05, 3.63) is 89.1 Å². The number of rotatable bonds is 5. The third kappa shape index (κ3) is 3.51. The van der Waals surface area contributed by atoms with Gasteiger partial charge in [0.05, 0.1) is 6.54 Å². The highest BCUT2D eigenvalue weighted by Gasteiger charge is 2.13. The lowest BCUT2D eigenvalue weighted by molar-refractivity contribution is 0.720. The van der Waals surface area contributed by atoms with Gasteiger partial charge in [0, 0.05) is 11.9 Å². The number of imidazole rings is 1. The summed E-state index contributed by atoms with van der Waals surface area (Å²) in [5, 5.41) is 1.02. The summed E-state index contributed by atoms with van der Waals surface area (Å²) in [6.45, 7) is 5.06. The van der Waals surface area contributed by atoms with E-state index in [4.69, 9.17) is 4.98 Å². The van der Waals surface area contributed by atoms with Crippen LogP contribution in [0, 0.1) is 13.8 Å². The fraction of sp³-hybridized carbons (Fsp3) is 0.182. The van der Waals surface area contributed by atoms with Gasteiger partial charge in [-0.2, -0.15) is 0 Å². The van der Waals surface area contributed by atoms with Crippen molar-refractivity contribution in [1.29, 1.82) is 0 Å². The summed E-state index contributed by atoms with van der Waals surface area (Å²) in [6, 6.07) is 21.2. The van der Waals surface area contributed by atoms with Gasteiger partial charge in [-0.15, -0.1) is 0 Å². The second-order valence-electron chi connectivity index (χ2n) is 6.53. The first-order valence-electron chi connectivity index (χ1n) is 8.75. The van der Waals surface area contributed by atoms with Crippen LogP contribution in [0.1, 0.15) is 22.3 Å². The summed E-state index contributed by atoms with van der Waals surface area (Å²) in [4.78, 5) is 9.42. The Labute approximate surface area is 158 Å². The van der Waals surface area contributed by atoms with E-state index in [1.54, 1.807) is 11.8 Å². The Bertz CT molecular complexity index is 1030. The molecule has 0 N–H and O–H groups in total. The molecule has 0 spiro atoms. The van der Waals surface area contributed by atoms with Crippen LogP contribution in [0.2, 0.25) is 0 Å². The first kappa shape index (κ1) is 16.9. The molecule has 3 nitrogen and oxygen atoms in total. The van der Waals surface area contributed by atoms with Crippen LogP contribution in [0.25, 0.3) is 11.2 Å². The van der Waals surface area contributed by atoms with E-state index in [9.17, 15) is 0 Å². The molecule has 2 heterocycles. The minimum Gasteiger partial charge on any atom is -0.299 e. The Morgan fingerprint density at radius 3 is 2.54 bits per heavy atom. The molecule has 0 aliphatic rings. The standard InChI is InChI=1S/C22H21N3S/c1-16-9-11-18(12-10-16)15-26-22-24-20-8-5-13-23-21(20)25(22)14-19-7-4-3-6-17(19)2/h3-13H,14-15H2,1-2H3. The average Bonchev–Trinajstić information content (AvgIpc) is 3.01. The molecule has 0 aliphatic carbocycles. The second kappa shape index (κ2) is 7.34. The van der Waals surface area contributed by atoms with Crippen LogP contribution >= 0.6 is 11.8 Å². The minimum atomic E-state index is 0.788. The van der Waals surface area contributed by atoms with Crippen LogP contribution in [0.3, 0.4) is 0 Å². The molecule has 26 heavy (non-hydrogen) atoms. The number of pyridine rings is 1. The van der Waals surface area contributed by atoms with E-state index in [1.165, 1.54) is 22.3 Å². The number of benzene rings is 2. The van der Waals surface area contributed by atoms with Gasteiger partial charge in [0.25, 0.3) is 0 Å². The Morgan fingerprint density at radius 1 is 0.923 bits per heavy atom. The largest absolute Gasteiger partial charge is 0.299 e. The van der Waals surface area contributed by atoms with Crippen LogP contribution in [-0.2, 0) is 12.3 Å². The lowest BCUT2D eigenvalue weighted by Gasteiger charge is -2.10. The third-order valence-corrected chi connectivity index (χ3v) is 5.59. The Kier molecular flexibility index (Phi) is 4.76. The zero-order valence-corrected chi connectivity index (χ0v) is 15.8. The van der Waals surface area contributed by atoms with Crippen molar-refractivity contribution < 1.29 is 0 Å². The van der Waals surface area contributed by atoms with Crippen LogP contribution in [0.5, 0.6) is 0 Å². The van der Waals surface area contributed by atoms with Crippen molar-refractivity contribution in [3.8, 4) is 0 Å². The number of hydrogen-bond acceptors (Lipinski definition) is 3. The van der Waals surface area contributed by atoms with E-state index in [0.29, 0.717) is 0 Å². The predicted molar refractivity (Wildman–Crippen MR) is 109 cm³/mol. The van der Waals surface area contributed by atoms with Crippen molar-refractivity contribution in [2.75, 3.05) is 0 Å². The Balaban J connectivity index is 1.67. The van der Waals surface area contributed by atoms with Crippen LogP contribution in [0.4, 0.5) is 0 Å². The van der Waals surface area contributed by atoms with Gasteiger partial charge in [-0.1, -0.05) is 65.9 Å². The van der Waals surface area contributed by atoms with E-state index in [1.807, 2.05) is 18.3 Å². The molecule has 0 saturated heterocycles. The van der Waals surface area contributed by atoms with Crippen LogP contribution < -0.4 is 0 Å². The number of thioether (sulfide) groups is 1. The van der Waals surface area contributed by atoms with Gasteiger partial charge in [0.15, 0.2) is 10.8 Å². The van der Waals surface area contributed by atoms with Gasteiger partial charge in [-0.25, -0.2) is 9.97 Å². The highest BCUT2D eigenvalue weighted by atomic mass is 32.2. The Hall–Kier alpha value is -2.59. The summed E-state index contributed by atoms with van der Waals surface area (Å²) >= 11 is 1.77. The lowest BCUT2D eigenvalue weighted by Crippen LogP contribution is -2.04. The van der Waals surface area contributed by atoms with Crippen LogP contribution in [0.15, 0.2) is 72.0 Å². The molecule has 0 aliphatic heterocycles. The lowest BCUT2D eigenvalue weighted by atomic mass is 10.1. The van der Waals surface area contributed by atoms with E-state index in [-0.39, 0.29) is 0 Å². The van der Waals surface area contributed by atoms with Gasteiger partial charge >= 0.3 is 0 Å². The molecule has 4 aromatic rings. The molecule has 0 amide bonds. The van der Waals surface area contributed by atoms with Crippen molar-refractivity contribution >= 4 is 22.9 Å². The van der Waals surface area contributed by atoms with E-state index >= 15 is 0 Å². The predicted octanol–water partition coefficient (Wildman–Crippen LogP) is 5.39. The Morgan fingerprint density at radius 2 is 1.73 bits per heavy atom. The maximum Gasteiger partial charge on any atom is 0.170 e. The molecule has 0 radical (unpaired) electrons. The zero-order chi connectivity index (χ0) is 17.9. The highest BCUT2D eigenvalue weighted by molar-refractivity contribution is 7.98. The van der Waals surface area contributed by atoms with Gasteiger partial charge in [0.2, 0.25) is 0 Å². The summed E-state index contributed by atoms with van der Waals surface area (Å²) < 4.78 is 2.23. The van der Waals surface area contributed by atoms with Crippen molar-refractivity contribution in [2.45, 2.75) is 31.3 Å². The molecule has 0 atom stereocenters. The number of fused-ring (bicyclic) bond motifs is 1. The summed E-state index contributed by atoms with van der Waals surface area (Å²) in [5.41, 5.74) is 7.09. The van der Waals surface area contributed by atoms with Crippen molar-refractivity contribution in [3.63, 3.8) is 0 Å². The smallest absolute Gasteiger partial charge is 0.170 e. The number of aromatic nitrogens is 3. The average molecular weight is 359 g/mol. The fourth-order valence-corrected chi connectivity index (χ4v) is 3.94.